The molecule has 106 valence electrons. The molecule has 0 bridgehead atoms. The van der Waals surface area contributed by atoms with E-state index in [-0.39, 0.29) is 0 Å². The highest BCUT2D eigenvalue weighted by Crippen LogP contribution is 2.26. The van der Waals surface area contributed by atoms with E-state index in [1.807, 2.05) is 0 Å². The Balaban J connectivity index is 2.07. The molecule has 1 saturated heterocycles. The molecule has 0 aliphatic carbocycles. The Morgan fingerprint density at radius 2 is 1.79 bits per heavy atom. The van der Waals surface area contributed by atoms with Crippen LogP contribution in [0.25, 0.3) is 0 Å². The smallest absolute Gasteiger partial charge is 0.243 e. The van der Waals surface area contributed by atoms with Gasteiger partial charge in [0.2, 0.25) is 10.0 Å². The van der Waals surface area contributed by atoms with Crippen LogP contribution in [0.3, 0.4) is 0 Å². The van der Waals surface area contributed by atoms with Crippen LogP contribution in [0.4, 0.5) is 5.69 Å². The second-order valence-corrected chi connectivity index (χ2v) is 7.14. The van der Waals surface area contributed by atoms with Crippen LogP contribution in [-0.4, -0.2) is 25.8 Å². The third-order valence-electron chi connectivity index (χ3n) is 3.79. The van der Waals surface area contributed by atoms with Crippen molar-refractivity contribution >= 4 is 15.7 Å². The molecule has 0 radical (unpaired) electrons. The number of rotatable bonds is 4. The van der Waals surface area contributed by atoms with Crippen molar-refractivity contribution < 1.29 is 8.42 Å². The van der Waals surface area contributed by atoms with Crippen LogP contribution in [0.15, 0.2) is 29.2 Å². The Morgan fingerprint density at radius 3 is 2.32 bits per heavy atom. The summed E-state index contributed by atoms with van der Waals surface area (Å²) >= 11 is 0. The topological polar surface area (TPSA) is 63.4 Å². The van der Waals surface area contributed by atoms with Gasteiger partial charge in [0.15, 0.2) is 0 Å². The fraction of sp³-hybridized carbons (Fsp3) is 0.571. The Bertz CT molecular complexity index is 503. The van der Waals surface area contributed by atoms with Gasteiger partial charge in [-0.1, -0.05) is 19.8 Å². The fourth-order valence-electron chi connectivity index (χ4n) is 2.64. The van der Waals surface area contributed by atoms with Gasteiger partial charge in [0.25, 0.3) is 0 Å². The van der Waals surface area contributed by atoms with E-state index in [0.717, 1.165) is 12.8 Å². The maximum Gasteiger partial charge on any atom is 0.243 e. The third-order valence-corrected chi connectivity index (χ3v) is 5.70. The maximum atomic E-state index is 12.4. The van der Waals surface area contributed by atoms with E-state index < -0.39 is 10.0 Å². The summed E-state index contributed by atoms with van der Waals surface area (Å²) in [6.07, 6.45) is 4.33. The molecule has 0 spiro atoms. The first-order valence-electron chi connectivity index (χ1n) is 6.89. The lowest BCUT2D eigenvalue weighted by Crippen LogP contribution is -2.38. The quantitative estimate of drug-likeness (QED) is 0.863. The minimum absolute atomic E-state index is 0.343. The van der Waals surface area contributed by atoms with Crippen molar-refractivity contribution in [1.29, 1.82) is 0 Å². The predicted octanol–water partition coefficient (Wildman–Crippen LogP) is 2.47. The van der Waals surface area contributed by atoms with Gasteiger partial charge in [-0.15, -0.1) is 0 Å². The van der Waals surface area contributed by atoms with Crippen molar-refractivity contribution in [2.75, 3.05) is 18.8 Å². The van der Waals surface area contributed by atoms with Gasteiger partial charge in [-0.3, -0.25) is 0 Å². The number of benzene rings is 1. The zero-order valence-corrected chi connectivity index (χ0v) is 12.2. The molecule has 4 nitrogen and oxygen atoms in total. The van der Waals surface area contributed by atoms with Crippen molar-refractivity contribution in [2.24, 2.45) is 5.92 Å². The molecule has 5 heteroatoms. The Kier molecular flexibility index (Phi) is 4.47. The number of nitrogens with zero attached hydrogens (tertiary/aromatic N) is 1. The van der Waals surface area contributed by atoms with Crippen LogP contribution >= 0.6 is 0 Å². The van der Waals surface area contributed by atoms with Gasteiger partial charge in [-0.2, -0.15) is 4.31 Å². The van der Waals surface area contributed by atoms with E-state index in [2.05, 4.69) is 6.92 Å². The number of nitrogens with two attached hydrogens (primary N) is 1. The standard InChI is InChI=1S/C14H22N2O2S/c1-2-3-12-8-10-16(11-9-12)19(17,18)14-6-4-13(15)5-7-14/h4-7,12H,2-3,8-11,15H2,1H3. The SMILES string of the molecule is CCCC1CCN(S(=O)(=O)c2ccc(N)cc2)CC1. The second kappa shape index (κ2) is 5.92. The number of hydrogen-bond acceptors (Lipinski definition) is 3. The molecule has 2 rings (SSSR count). The molecule has 2 N–H and O–H groups in total. The van der Waals surface area contributed by atoms with Gasteiger partial charge >= 0.3 is 0 Å². The monoisotopic (exact) mass is 282 g/mol. The van der Waals surface area contributed by atoms with Crippen LogP contribution in [-0.2, 0) is 10.0 Å². The molecule has 0 amide bonds. The zero-order chi connectivity index (χ0) is 13.9. The second-order valence-electron chi connectivity index (χ2n) is 5.21. The van der Waals surface area contributed by atoms with Crippen LogP contribution in [0.5, 0.6) is 0 Å². The normalized spacial score (nSPS) is 18.6. The summed E-state index contributed by atoms with van der Waals surface area (Å²) < 4.78 is 26.5. The highest BCUT2D eigenvalue weighted by molar-refractivity contribution is 7.89. The molecule has 0 aromatic heterocycles. The fourth-order valence-corrected chi connectivity index (χ4v) is 4.11. The first-order valence-corrected chi connectivity index (χ1v) is 8.33. The molecule has 19 heavy (non-hydrogen) atoms. The number of sulfonamides is 1. The predicted molar refractivity (Wildman–Crippen MR) is 77.2 cm³/mol. The van der Waals surface area contributed by atoms with Crippen molar-refractivity contribution in [2.45, 2.75) is 37.5 Å². The highest BCUT2D eigenvalue weighted by Gasteiger charge is 2.28. The van der Waals surface area contributed by atoms with E-state index in [1.54, 1.807) is 28.6 Å². The highest BCUT2D eigenvalue weighted by atomic mass is 32.2. The zero-order valence-electron chi connectivity index (χ0n) is 11.4. The molecule has 1 aliphatic rings. The largest absolute Gasteiger partial charge is 0.399 e. The third kappa shape index (κ3) is 3.28. The molecule has 1 fully saturated rings. The first kappa shape index (κ1) is 14.3. The van der Waals surface area contributed by atoms with Gasteiger partial charge in [0.1, 0.15) is 0 Å². The van der Waals surface area contributed by atoms with E-state index in [9.17, 15) is 8.42 Å². The van der Waals surface area contributed by atoms with Gasteiger partial charge in [-0.05, 0) is 43.0 Å². The Hall–Kier alpha value is -1.07. The molecule has 1 aromatic rings. The van der Waals surface area contributed by atoms with Crippen LogP contribution in [0, 0.1) is 5.92 Å². The molecular weight excluding hydrogens is 260 g/mol. The van der Waals surface area contributed by atoms with Gasteiger partial charge in [0.05, 0.1) is 4.90 Å². The lowest BCUT2D eigenvalue weighted by atomic mass is 9.94. The van der Waals surface area contributed by atoms with Crippen molar-refractivity contribution in [1.82, 2.24) is 4.31 Å². The summed E-state index contributed by atoms with van der Waals surface area (Å²) in [5, 5.41) is 0. The lowest BCUT2D eigenvalue weighted by Gasteiger charge is -2.31. The maximum absolute atomic E-state index is 12.4. The van der Waals surface area contributed by atoms with E-state index in [4.69, 9.17) is 5.73 Å². The van der Waals surface area contributed by atoms with Gasteiger partial charge < -0.3 is 5.73 Å². The minimum Gasteiger partial charge on any atom is -0.399 e. The van der Waals surface area contributed by atoms with Crippen LogP contribution in [0.1, 0.15) is 32.6 Å². The number of piperidine rings is 1. The average Bonchev–Trinajstić information content (AvgIpc) is 2.40. The molecule has 0 saturated carbocycles. The number of hydrogen-bond donors (Lipinski definition) is 1. The molecule has 0 unspecified atom stereocenters. The van der Waals surface area contributed by atoms with Gasteiger partial charge in [0, 0.05) is 18.8 Å². The number of anilines is 1. The summed E-state index contributed by atoms with van der Waals surface area (Å²) in [6.45, 7) is 3.45. The summed E-state index contributed by atoms with van der Waals surface area (Å²) in [4.78, 5) is 0.343. The van der Waals surface area contributed by atoms with Gasteiger partial charge in [-0.25, -0.2) is 8.42 Å². The van der Waals surface area contributed by atoms with Crippen molar-refractivity contribution in [3.8, 4) is 0 Å². The van der Waals surface area contributed by atoms with E-state index in [0.29, 0.717) is 29.6 Å². The Morgan fingerprint density at radius 1 is 1.21 bits per heavy atom. The lowest BCUT2D eigenvalue weighted by molar-refractivity contribution is 0.262. The number of nitrogen functional groups attached to an aromatic ring is 1. The molecule has 1 heterocycles. The molecular formula is C14H22N2O2S. The average molecular weight is 282 g/mol. The minimum atomic E-state index is -3.34. The van der Waals surface area contributed by atoms with E-state index in [1.165, 1.54) is 12.8 Å². The summed E-state index contributed by atoms with van der Waals surface area (Å²) in [6, 6.07) is 6.44. The molecule has 0 atom stereocenters. The van der Waals surface area contributed by atoms with E-state index >= 15 is 0 Å². The van der Waals surface area contributed by atoms with Crippen LogP contribution < -0.4 is 5.73 Å². The Labute approximate surface area is 115 Å². The van der Waals surface area contributed by atoms with Crippen molar-refractivity contribution in [3.05, 3.63) is 24.3 Å². The van der Waals surface area contributed by atoms with Crippen LogP contribution in [0.2, 0.25) is 0 Å². The summed E-state index contributed by atoms with van der Waals surface area (Å²) in [5.41, 5.74) is 6.18. The molecule has 1 aromatic carbocycles. The first-order chi connectivity index (χ1) is 9.04. The summed E-state index contributed by atoms with van der Waals surface area (Å²) in [5.74, 6) is 0.683. The van der Waals surface area contributed by atoms with Crippen molar-refractivity contribution in [3.63, 3.8) is 0 Å². The molecule has 1 aliphatic heterocycles. The summed E-state index contributed by atoms with van der Waals surface area (Å²) in [7, 11) is -3.34.